The van der Waals surface area contributed by atoms with Gasteiger partial charge in [0.25, 0.3) is 5.91 Å². The van der Waals surface area contributed by atoms with E-state index in [0.29, 0.717) is 15.7 Å². The van der Waals surface area contributed by atoms with E-state index in [2.05, 4.69) is 21.2 Å². The average Bonchev–Trinajstić information content (AvgIpc) is 2.54. The molecule has 0 fully saturated rings. The molecule has 0 aliphatic carbocycles. The van der Waals surface area contributed by atoms with Crippen molar-refractivity contribution in [1.29, 1.82) is 0 Å². The van der Waals surface area contributed by atoms with Gasteiger partial charge in [-0.15, -0.1) is 0 Å². The first-order valence-corrected chi connectivity index (χ1v) is 9.41. The number of carbonyl (C=O) groups is 2. The Balaban J connectivity index is 2.01. The molecule has 7 nitrogen and oxygen atoms in total. The Bertz CT molecular complexity index is 897. The number of halogens is 1. The molecule has 9 heteroatoms. The van der Waals surface area contributed by atoms with Gasteiger partial charge in [0.2, 0.25) is 10.0 Å². The Kier molecular flexibility index (Phi) is 5.93. The van der Waals surface area contributed by atoms with Gasteiger partial charge in [0.15, 0.2) is 6.10 Å². The molecule has 1 unspecified atom stereocenters. The lowest BCUT2D eigenvalue weighted by Crippen LogP contribution is -2.30. The third-order valence-electron chi connectivity index (χ3n) is 3.20. The van der Waals surface area contributed by atoms with Gasteiger partial charge in [-0.3, -0.25) is 4.79 Å². The van der Waals surface area contributed by atoms with Gasteiger partial charge in [0.1, 0.15) is 0 Å². The van der Waals surface area contributed by atoms with Gasteiger partial charge in [-0.1, -0.05) is 12.1 Å². The maximum absolute atomic E-state index is 12.1. The smallest absolute Gasteiger partial charge is 0.340 e. The maximum Gasteiger partial charge on any atom is 0.340 e. The van der Waals surface area contributed by atoms with Crippen molar-refractivity contribution in [3.63, 3.8) is 0 Å². The maximum atomic E-state index is 12.1. The van der Waals surface area contributed by atoms with Gasteiger partial charge in [-0.05, 0) is 59.3 Å². The molecule has 0 bridgehead atoms. The Morgan fingerprint density at radius 3 is 2.28 bits per heavy atom. The monoisotopic (exact) mass is 426 g/mol. The molecule has 0 heterocycles. The highest BCUT2D eigenvalue weighted by molar-refractivity contribution is 9.10. The zero-order chi connectivity index (χ0) is 18.6. The highest BCUT2D eigenvalue weighted by Crippen LogP contribution is 2.18. The molecule has 0 aliphatic heterocycles. The van der Waals surface area contributed by atoms with E-state index in [1.807, 2.05) is 0 Å². The molecular formula is C16H15BrN2O5S. The summed E-state index contributed by atoms with van der Waals surface area (Å²) in [5.41, 5.74) is 0.654. The highest BCUT2D eigenvalue weighted by atomic mass is 79.9. The van der Waals surface area contributed by atoms with Crippen molar-refractivity contribution in [2.24, 2.45) is 5.14 Å². The molecule has 2 aromatic carbocycles. The number of esters is 1. The Morgan fingerprint density at radius 2 is 1.72 bits per heavy atom. The summed E-state index contributed by atoms with van der Waals surface area (Å²) in [6.07, 6.45) is -1.04. The number of amides is 1. The number of nitrogens with two attached hydrogens (primary N) is 1. The van der Waals surface area contributed by atoms with Crippen LogP contribution in [0.1, 0.15) is 17.3 Å². The number of carbonyl (C=O) groups excluding carboxylic acids is 2. The van der Waals surface area contributed by atoms with E-state index in [0.717, 1.165) is 0 Å². The first-order chi connectivity index (χ1) is 11.7. The van der Waals surface area contributed by atoms with Crippen molar-refractivity contribution in [3.05, 3.63) is 58.6 Å². The predicted octanol–water partition coefficient (Wildman–Crippen LogP) is 2.28. The van der Waals surface area contributed by atoms with Crippen molar-refractivity contribution < 1.29 is 22.7 Å². The summed E-state index contributed by atoms with van der Waals surface area (Å²) < 4.78 is 28.1. The van der Waals surface area contributed by atoms with E-state index in [9.17, 15) is 18.0 Å². The molecule has 25 heavy (non-hydrogen) atoms. The number of benzene rings is 2. The fourth-order valence-electron chi connectivity index (χ4n) is 1.88. The van der Waals surface area contributed by atoms with Crippen LogP contribution in [0, 0.1) is 0 Å². The Morgan fingerprint density at radius 1 is 1.12 bits per heavy atom. The number of sulfonamides is 1. The van der Waals surface area contributed by atoms with Crippen LogP contribution >= 0.6 is 15.9 Å². The minimum Gasteiger partial charge on any atom is -0.449 e. The summed E-state index contributed by atoms with van der Waals surface area (Å²) in [4.78, 5) is 24.1. The van der Waals surface area contributed by atoms with Crippen LogP contribution in [0.3, 0.4) is 0 Å². The van der Waals surface area contributed by atoms with Gasteiger partial charge in [-0.2, -0.15) is 0 Å². The molecule has 1 amide bonds. The Labute approximate surface area is 153 Å². The zero-order valence-corrected chi connectivity index (χ0v) is 15.5. The lowest BCUT2D eigenvalue weighted by molar-refractivity contribution is -0.123. The van der Waals surface area contributed by atoms with E-state index in [1.54, 1.807) is 24.3 Å². The minimum atomic E-state index is -3.80. The SMILES string of the molecule is CC(OC(=O)c1ccccc1Br)C(=O)Nc1ccc(S(N)(=O)=O)cc1. The standard InChI is InChI=1S/C16H15BrN2O5S/c1-10(24-16(21)13-4-2-3-5-14(13)17)15(20)19-11-6-8-12(9-7-11)25(18,22)23/h2-10H,1H3,(H,19,20)(H2,18,22,23). The number of nitrogens with one attached hydrogen (secondary N) is 1. The van der Waals surface area contributed by atoms with Crippen LogP contribution in [0.25, 0.3) is 0 Å². The fourth-order valence-corrected chi connectivity index (χ4v) is 2.84. The van der Waals surface area contributed by atoms with Gasteiger partial charge in [0.05, 0.1) is 10.5 Å². The molecule has 0 aliphatic rings. The molecule has 0 radical (unpaired) electrons. The number of ether oxygens (including phenoxy) is 1. The van der Waals surface area contributed by atoms with Crippen LogP contribution in [-0.4, -0.2) is 26.4 Å². The van der Waals surface area contributed by atoms with Crippen LogP contribution in [0.2, 0.25) is 0 Å². The second-order valence-electron chi connectivity index (χ2n) is 5.09. The fraction of sp³-hybridized carbons (Fsp3) is 0.125. The van der Waals surface area contributed by atoms with E-state index < -0.39 is 28.0 Å². The van der Waals surface area contributed by atoms with Gasteiger partial charge in [0, 0.05) is 10.2 Å². The molecule has 3 N–H and O–H groups in total. The molecule has 132 valence electrons. The number of rotatable bonds is 5. The normalized spacial score (nSPS) is 12.3. The zero-order valence-electron chi connectivity index (χ0n) is 13.1. The van der Waals surface area contributed by atoms with Crippen molar-refractivity contribution >= 4 is 43.5 Å². The van der Waals surface area contributed by atoms with Crippen LogP contribution in [-0.2, 0) is 19.6 Å². The first-order valence-electron chi connectivity index (χ1n) is 7.07. The number of hydrogen-bond acceptors (Lipinski definition) is 5. The molecule has 0 aromatic heterocycles. The Hall–Kier alpha value is -2.23. The number of anilines is 1. The molecule has 2 aromatic rings. The third kappa shape index (κ3) is 5.12. The molecule has 0 saturated carbocycles. The summed E-state index contributed by atoms with van der Waals surface area (Å²) in [5, 5.41) is 7.53. The summed E-state index contributed by atoms with van der Waals surface area (Å²) in [7, 11) is -3.80. The summed E-state index contributed by atoms with van der Waals surface area (Å²) >= 11 is 3.24. The highest BCUT2D eigenvalue weighted by Gasteiger charge is 2.20. The van der Waals surface area contributed by atoms with Crippen LogP contribution < -0.4 is 10.5 Å². The van der Waals surface area contributed by atoms with Crippen LogP contribution in [0.5, 0.6) is 0 Å². The molecule has 1 atom stereocenters. The van der Waals surface area contributed by atoms with Gasteiger partial charge in [-0.25, -0.2) is 18.4 Å². The second-order valence-corrected chi connectivity index (χ2v) is 7.50. The average molecular weight is 427 g/mol. The van der Waals surface area contributed by atoms with Gasteiger partial charge >= 0.3 is 5.97 Å². The second kappa shape index (κ2) is 7.77. The van der Waals surface area contributed by atoms with Crippen molar-refractivity contribution in [1.82, 2.24) is 0 Å². The summed E-state index contributed by atoms with van der Waals surface area (Å²) in [5.74, 6) is -1.19. The molecule has 0 spiro atoms. The van der Waals surface area contributed by atoms with Crippen LogP contribution in [0.4, 0.5) is 5.69 Å². The number of primary sulfonamides is 1. The first kappa shape index (κ1) is 19.1. The predicted molar refractivity (Wildman–Crippen MR) is 95.5 cm³/mol. The number of hydrogen-bond donors (Lipinski definition) is 2. The van der Waals surface area contributed by atoms with E-state index in [-0.39, 0.29) is 4.90 Å². The van der Waals surface area contributed by atoms with Crippen LogP contribution in [0.15, 0.2) is 57.9 Å². The summed E-state index contributed by atoms with van der Waals surface area (Å²) in [6, 6.07) is 12.0. The van der Waals surface area contributed by atoms with E-state index in [1.165, 1.54) is 31.2 Å². The topological polar surface area (TPSA) is 116 Å². The van der Waals surface area contributed by atoms with Gasteiger partial charge < -0.3 is 10.1 Å². The quantitative estimate of drug-likeness (QED) is 0.711. The minimum absolute atomic E-state index is 0.0705. The summed E-state index contributed by atoms with van der Waals surface area (Å²) in [6.45, 7) is 1.43. The third-order valence-corrected chi connectivity index (χ3v) is 4.82. The largest absolute Gasteiger partial charge is 0.449 e. The lowest BCUT2D eigenvalue weighted by atomic mass is 10.2. The van der Waals surface area contributed by atoms with Crippen molar-refractivity contribution in [3.8, 4) is 0 Å². The molecular weight excluding hydrogens is 412 g/mol. The van der Waals surface area contributed by atoms with E-state index >= 15 is 0 Å². The van der Waals surface area contributed by atoms with E-state index in [4.69, 9.17) is 9.88 Å². The molecule has 0 saturated heterocycles. The van der Waals surface area contributed by atoms with Crippen molar-refractivity contribution in [2.45, 2.75) is 17.9 Å². The van der Waals surface area contributed by atoms with Crippen molar-refractivity contribution in [2.75, 3.05) is 5.32 Å². The lowest BCUT2D eigenvalue weighted by Gasteiger charge is -2.14. The molecule has 2 rings (SSSR count).